The number of fused-ring (bicyclic) bond motifs is 1. The number of rotatable bonds is 5. The van der Waals surface area contributed by atoms with Crippen molar-refractivity contribution in [3.8, 4) is 0 Å². The first-order valence-corrected chi connectivity index (χ1v) is 11.9. The number of nitrogen functional groups attached to an aromatic ring is 1. The van der Waals surface area contributed by atoms with E-state index in [4.69, 9.17) is 5.73 Å². The number of hydrogen-bond donors (Lipinski definition) is 3. The van der Waals surface area contributed by atoms with Crippen molar-refractivity contribution in [2.45, 2.75) is 17.9 Å². The number of sulfonamides is 1. The highest BCUT2D eigenvalue weighted by Crippen LogP contribution is 2.32. The quantitative estimate of drug-likeness (QED) is 0.492. The zero-order valence-electron chi connectivity index (χ0n) is 15.4. The van der Waals surface area contributed by atoms with E-state index in [1.165, 1.54) is 15.8 Å². The maximum absolute atomic E-state index is 13.0. The van der Waals surface area contributed by atoms with Gasteiger partial charge in [-0.25, -0.2) is 18.2 Å². The second kappa shape index (κ2) is 7.80. The molecule has 12 heteroatoms. The Kier molecular flexibility index (Phi) is 5.32. The molecule has 4 rings (SSSR count). The van der Waals surface area contributed by atoms with Gasteiger partial charge in [-0.3, -0.25) is 4.79 Å². The van der Waals surface area contributed by atoms with Gasteiger partial charge >= 0.3 is 5.97 Å². The van der Waals surface area contributed by atoms with Gasteiger partial charge in [-0.2, -0.15) is 4.31 Å². The van der Waals surface area contributed by atoms with Crippen LogP contribution in [0, 0.1) is 0 Å². The number of carboxylic acids is 1. The second-order valence-corrected chi connectivity index (χ2v) is 10.3. The van der Waals surface area contributed by atoms with E-state index in [1.54, 1.807) is 24.3 Å². The maximum Gasteiger partial charge on any atom is 0.347 e. The number of nitrogens with zero attached hydrogens (tertiary/aromatic N) is 2. The molecule has 0 radical (unpaired) electrons. The summed E-state index contributed by atoms with van der Waals surface area (Å²) in [7, 11) is -3.98. The van der Waals surface area contributed by atoms with E-state index in [9.17, 15) is 23.1 Å². The van der Waals surface area contributed by atoms with Crippen molar-refractivity contribution in [3.05, 3.63) is 56.2 Å². The number of carboxylic acid groups (broad SMARTS) is 1. The summed E-state index contributed by atoms with van der Waals surface area (Å²) in [6, 6.07) is 8.15. The fourth-order valence-corrected chi connectivity index (χ4v) is 6.80. The molecule has 156 valence electrons. The molecule has 0 fully saturated rings. The summed E-state index contributed by atoms with van der Waals surface area (Å²) >= 11 is 1.98. The van der Waals surface area contributed by atoms with Gasteiger partial charge in [-0.1, -0.05) is 12.1 Å². The highest BCUT2D eigenvalue weighted by atomic mass is 32.2. The van der Waals surface area contributed by atoms with Crippen molar-refractivity contribution in [1.82, 2.24) is 9.29 Å². The Morgan fingerprint density at radius 2 is 2.00 bits per heavy atom. The van der Waals surface area contributed by atoms with E-state index in [1.807, 2.05) is 0 Å². The summed E-state index contributed by atoms with van der Waals surface area (Å²) in [6.07, 6.45) is 0.332. The SMILES string of the molecule is Nc1ccccc1NC(=O)c1nc2c(s1)CN(S(=O)(=O)c1ccsc1C(=O)O)CC2. The molecule has 4 N–H and O–H groups in total. The predicted octanol–water partition coefficient (Wildman–Crippen LogP) is 2.48. The fourth-order valence-electron chi connectivity index (χ4n) is 3.06. The number of carbonyl (C=O) groups is 2. The number of aromatic nitrogens is 1. The number of amides is 1. The number of nitrogens with two attached hydrogens (primary N) is 1. The number of anilines is 2. The number of benzene rings is 1. The van der Waals surface area contributed by atoms with Crippen LogP contribution in [0.3, 0.4) is 0 Å². The molecule has 1 aliphatic rings. The molecule has 2 aromatic heterocycles. The molecule has 3 heterocycles. The van der Waals surface area contributed by atoms with Gasteiger partial charge in [0.1, 0.15) is 9.77 Å². The third-order valence-corrected chi connectivity index (χ3v) is 8.54. The number of hydrogen-bond acceptors (Lipinski definition) is 8. The molecule has 0 saturated heterocycles. The molecule has 0 aliphatic carbocycles. The van der Waals surface area contributed by atoms with Crippen LogP contribution in [-0.2, 0) is 23.0 Å². The summed E-state index contributed by atoms with van der Waals surface area (Å²) in [6.45, 7) is 0.186. The lowest BCUT2D eigenvalue weighted by molar-refractivity contribution is 0.0698. The third-order valence-electron chi connectivity index (χ3n) is 4.54. The van der Waals surface area contributed by atoms with Gasteiger partial charge in [0.25, 0.3) is 5.91 Å². The number of para-hydroxylation sites is 2. The topological polar surface area (TPSA) is 143 Å². The lowest BCUT2D eigenvalue weighted by atomic mass is 10.2. The number of nitrogens with one attached hydrogen (secondary N) is 1. The molecule has 0 saturated carbocycles. The van der Waals surface area contributed by atoms with Gasteiger partial charge < -0.3 is 16.2 Å². The molecule has 0 atom stereocenters. The number of aromatic carboxylic acids is 1. The first-order chi connectivity index (χ1) is 14.3. The van der Waals surface area contributed by atoms with Gasteiger partial charge in [0.15, 0.2) is 5.01 Å². The molecule has 0 unspecified atom stereocenters. The van der Waals surface area contributed by atoms with Crippen molar-refractivity contribution in [3.63, 3.8) is 0 Å². The normalized spacial score (nSPS) is 14.3. The third kappa shape index (κ3) is 3.69. The van der Waals surface area contributed by atoms with Crippen LogP contribution in [0.5, 0.6) is 0 Å². The molecular weight excluding hydrogens is 448 g/mol. The maximum atomic E-state index is 13.0. The summed E-state index contributed by atoms with van der Waals surface area (Å²) in [4.78, 5) is 28.5. The zero-order chi connectivity index (χ0) is 21.5. The van der Waals surface area contributed by atoms with E-state index in [2.05, 4.69) is 10.3 Å². The Balaban J connectivity index is 1.56. The number of thiophene rings is 1. The van der Waals surface area contributed by atoms with Gasteiger partial charge in [0, 0.05) is 17.8 Å². The van der Waals surface area contributed by atoms with Crippen molar-refractivity contribution >= 4 is 55.9 Å². The van der Waals surface area contributed by atoms with E-state index < -0.39 is 21.9 Å². The first-order valence-electron chi connectivity index (χ1n) is 8.72. The van der Waals surface area contributed by atoms with E-state index >= 15 is 0 Å². The van der Waals surface area contributed by atoms with Crippen LogP contribution in [0.25, 0.3) is 0 Å². The Morgan fingerprint density at radius 3 is 2.73 bits per heavy atom. The van der Waals surface area contributed by atoms with Crippen molar-refractivity contribution in [2.75, 3.05) is 17.6 Å². The summed E-state index contributed by atoms with van der Waals surface area (Å²) in [5.41, 5.74) is 7.41. The van der Waals surface area contributed by atoms with Crippen LogP contribution in [0.15, 0.2) is 40.6 Å². The van der Waals surface area contributed by atoms with Gasteiger partial charge in [0.05, 0.1) is 23.6 Å². The minimum Gasteiger partial charge on any atom is -0.477 e. The molecule has 1 aromatic carbocycles. The average molecular weight is 465 g/mol. The highest BCUT2D eigenvalue weighted by Gasteiger charge is 2.34. The zero-order valence-corrected chi connectivity index (χ0v) is 17.8. The molecule has 30 heavy (non-hydrogen) atoms. The fraction of sp³-hybridized carbons (Fsp3) is 0.167. The van der Waals surface area contributed by atoms with Crippen molar-refractivity contribution < 1.29 is 23.1 Å². The molecule has 9 nitrogen and oxygen atoms in total. The minimum atomic E-state index is -3.98. The number of thiazole rings is 1. The van der Waals surface area contributed by atoms with Gasteiger partial charge in [0.2, 0.25) is 10.0 Å². The molecule has 0 bridgehead atoms. The monoisotopic (exact) mass is 464 g/mol. The predicted molar refractivity (Wildman–Crippen MR) is 113 cm³/mol. The van der Waals surface area contributed by atoms with E-state index in [-0.39, 0.29) is 27.9 Å². The lowest BCUT2D eigenvalue weighted by Gasteiger charge is -2.25. The lowest BCUT2D eigenvalue weighted by Crippen LogP contribution is -2.35. The second-order valence-electron chi connectivity index (χ2n) is 6.44. The van der Waals surface area contributed by atoms with Crippen LogP contribution in [-0.4, -0.2) is 41.2 Å². The van der Waals surface area contributed by atoms with Crippen LogP contribution < -0.4 is 11.1 Å². The van der Waals surface area contributed by atoms with Crippen LogP contribution >= 0.6 is 22.7 Å². The molecule has 1 amide bonds. The van der Waals surface area contributed by atoms with Gasteiger partial charge in [-0.05, 0) is 23.6 Å². The summed E-state index contributed by atoms with van der Waals surface area (Å²) in [5.74, 6) is -1.70. The molecule has 1 aliphatic heterocycles. The van der Waals surface area contributed by atoms with Crippen LogP contribution in [0.1, 0.15) is 30.0 Å². The van der Waals surface area contributed by atoms with Gasteiger partial charge in [-0.15, -0.1) is 22.7 Å². The Hall–Kier alpha value is -2.80. The van der Waals surface area contributed by atoms with Crippen LogP contribution in [0.2, 0.25) is 0 Å². The number of carbonyl (C=O) groups excluding carboxylic acids is 1. The Morgan fingerprint density at radius 1 is 1.23 bits per heavy atom. The molecular formula is C18H16N4O5S3. The average Bonchev–Trinajstić information content (AvgIpc) is 3.36. The highest BCUT2D eigenvalue weighted by molar-refractivity contribution is 7.89. The first kappa shape index (κ1) is 20.5. The minimum absolute atomic E-state index is 0.0327. The summed E-state index contributed by atoms with van der Waals surface area (Å²) in [5, 5.41) is 13.6. The molecule has 0 spiro atoms. The Bertz CT molecular complexity index is 1250. The van der Waals surface area contributed by atoms with E-state index in [0.29, 0.717) is 28.4 Å². The largest absolute Gasteiger partial charge is 0.477 e. The summed E-state index contributed by atoms with van der Waals surface area (Å²) < 4.78 is 27.1. The van der Waals surface area contributed by atoms with Crippen molar-refractivity contribution in [2.24, 2.45) is 0 Å². The molecule has 3 aromatic rings. The Labute approximate surface area is 179 Å². The standard InChI is InChI=1S/C18H16N4O5S3/c19-10-3-1-2-4-11(10)20-16(23)17-21-12-5-7-22(9-13(12)29-17)30(26,27)14-6-8-28-15(14)18(24)25/h1-4,6,8H,5,7,9,19H2,(H,20,23)(H,24,25). The van der Waals surface area contributed by atoms with E-state index in [0.717, 1.165) is 22.7 Å². The van der Waals surface area contributed by atoms with Crippen LogP contribution in [0.4, 0.5) is 11.4 Å². The smallest absolute Gasteiger partial charge is 0.347 e. The van der Waals surface area contributed by atoms with Crippen molar-refractivity contribution in [1.29, 1.82) is 0 Å².